The first kappa shape index (κ1) is 21.4. The number of aliphatic hydroxyl groups excluding tert-OH is 1. The largest absolute Gasteiger partial charge is 0.396 e. The molecule has 0 spiro atoms. The summed E-state index contributed by atoms with van der Waals surface area (Å²) < 4.78 is 4.79. The van der Waals surface area contributed by atoms with Gasteiger partial charge in [0.1, 0.15) is 0 Å². The van der Waals surface area contributed by atoms with Gasteiger partial charge in [0.05, 0.1) is 6.61 Å². The van der Waals surface area contributed by atoms with Crippen molar-refractivity contribution in [2.75, 3.05) is 26.9 Å². The molecule has 2 N–H and O–H groups in total. The first-order chi connectivity index (χ1) is 7.31. The number of unbranched alkanes of at least 4 members (excludes halogenated alkanes) is 2. The van der Waals surface area contributed by atoms with Gasteiger partial charge in [-0.25, -0.2) is 0 Å². The van der Waals surface area contributed by atoms with Crippen molar-refractivity contribution in [1.29, 1.82) is 0 Å². The molecule has 0 aliphatic heterocycles. The first-order valence-corrected chi connectivity index (χ1v) is 5.67. The zero-order chi connectivity index (χ0) is 11.9. The molecule has 98 valence electrons. The number of hydrogen-bond acceptors (Lipinski definition) is 3. The van der Waals surface area contributed by atoms with Crippen molar-refractivity contribution in [3.63, 3.8) is 0 Å². The van der Waals surface area contributed by atoms with Crippen LogP contribution in [0.4, 0.5) is 0 Å². The number of carbonyl (C=O) groups excluding carboxylic acids is 1. The molecular weight excluding hydrogens is 378 g/mol. The van der Waals surface area contributed by atoms with E-state index >= 15 is 0 Å². The fourth-order valence-corrected chi connectivity index (χ4v) is 0.955. The second-order valence-corrected chi connectivity index (χ2v) is 2.88. The Morgan fingerprint density at radius 2 is 1.88 bits per heavy atom. The molecule has 16 heavy (non-hydrogen) atoms. The Morgan fingerprint density at radius 1 is 1.25 bits per heavy atom. The van der Waals surface area contributed by atoms with Crippen LogP contribution < -0.4 is 5.32 Å². The molecule has 0 saturated carbocycles. The van der Waals surface area contributed by atoms with Crippen LogP contribution in [0.15, 0.2) is 0 Å². The van der Waals surface area contributed by atoms with Crippen LogP contribution >= 0.6 is 0 Å². The van der Waals surface area contributed by atoms with E-state index in [1.54, 1.807) is 7.11 Å². The van der Waals surface area contributed by atoms with Gasteiger partial charge in [-0.3, -0.25) is 4.79 Å². The minimum Gasteiger partial charge on any atom is -0.396 e. The minimum absolute atomic E-state index is 0. The Labute approximate surface area is 113 Å². The standard InChI is InChI=1S/C9H19NO3.C2H6.W/c1-13-8-6-10-9(12)5-3-2-4-7-11;1-2;/h11H,2-8H2,1H3,(H,10,12);1-2H3;. The number of aliphatic hydroxyl groups is 1. The average Bonchev–Trinajstić information content (AvgIpc) is 2.28. The van der Waals surface area contributed by atoms with E-state index < -0.39 is 0 Å². The molecule has 0 atom stereocenters. The number of amides is 1. The summed E-state index contributed by atoms with van der Waals surface area (Å²) >= 11 is 0. The predicted molar refractivity (Wildman–Crippen MR) is 61.8 cm³/mol. The Hall–Kier alpha value is 0.0783. The maximum Gasteiger partial charge on any atom is 0.220 e. The Bertz CT molecular complexity index is 134. The maximum absolute atomic E-state index is 11.1. The number of carbonyl (C=O) groups is 1. The van der Waals surface area contributed by atoms with E-state index in [-0.39, 0.29) is 33.6 Å². The quantitative estimate of drug-likeness (QED) is 0.602. The smallest absolute Gasteiger partial charge is 0.220 e. The molecule has 0 aliphatic rings. The monoisotopic (exact) mass is 403 g/mol. The molecule has 0 unspecified atom stereocenters. The van der Waals surface area contributed by atoms with Gasteiger partial charge < -0.3 is 15.2 Å². The summed E-state index contributed by atoms with van der Waals surface area (Å²) in [6.07, 6.45) is 3.09. The Balaban J connectivity index is -0.000000529. The van der Waals surface area contributed by atoms with E-state index in [1.165, 1.54) is 0 Å². The Morgan fingerprint density at radius 3 is 2.38 bits per heavy atom. The molecule has 0 rings (SSSR count). The molecule has 0 aromatic heterocycles. The van der Waals surface area contributed by atoms with Gasteiger partial charge in [-0.05, 0) is 12.8 Å². The summed E-state index contributed by atoms with van der Waals surface area (Å²) in [5.74, 6) is 0.0648. The van der Waals surface area contributed by atoms with Gasteiger partial charge in [-0.1, -0.05) is 20.3 Å². The molecule has 1 amide bonds. The van der Waals surface area contributed by atoms with Crippen molar-refractivity contribution in [3.05, 3.63) is 0 Å². The topological polar surface area (TPSA) is 58.6 Å². The Kier molecular flexibility index (Phi) is 27.4. The van der Waals surface area contributed by atoms with E-state index in [0.29, 0.717) is 19.6 Å². The fourth-order valence-electron chi connectivity index (χ4n) is 0.955. The van der Waals surface area contributed by atoms with Crippen LogP contribution in [0.1, 0.15) is 39.5 Å². The molecule has 0 aliphatic carbocycles. The maximum atomic E-state index is 11.1. The van der Waals surface area contributed by atoms with Crippen molar-refractivity contribution < 1.29 is 35.7 Å². The summed E-state index contributed by atoms with van der Waals surface area (Å²) in [4.78, 5) is 11.1. The SMILES string of the molecule is CC.COCCNC(=O)CCCCCO.[W]. The van der Waals surface area contributed by atoms with Crippen molar-refractivity contribution in [2.24, 2.45) is 0 Å². The first-order valence-electron chi connectivity index (χ1n) is 5.67. The fraction of sp³-hybridized carbons (Fsp3) is 0.909. The normalized spacial score (nSPS) is 8.50. The predicted octanol–water partition coefficient (Wildman–Crippen LogP) is 1.33. The van der Waals surface area contributed by atoms with Crippen LogP contribution in [-0.2, 0) is 30.6 Å². The number of methoxy groups -OCH3 is 1. The number of nitrogens with one attached hydrogen (secondary N) is 1. The third-order valence-electron chi connectivity index (χ3n) is 1.69. The molecule has 0 radical (unpaired) electrons. The third-order valence-corrected chi connectivity index (χ3v) is 1.69. The van der Waals surface area contributed by atoms with Crippen LogP contribution in [0.3, 0.4) is 0 Å². The van der Waals surface area contributed by atoms with Gasteiger partial charge in [0.15, 0.2) is 0 Å². The molecule has 0 heterocycles. The van der Waals surface area contributed by atoms with Gasteiger partial charge in [0.2, 0.25) is 5.91 Å². The zero-order valence-electron chi connectivity index (χ0n) is 10.6. The second-order valence-electron chi connectivity index (χ2n) is 2.88. The van der Waals surface area contributed by atoms with Crippen molar-refractivity contribution in [2.45, 2.75) is 39.5 Å². The molecule has 5 heteroatoms. The summed E-state index contributed by atoms with van der Waals surface area (Å²) in [6.45, 7) is 5.35. The molecular formula is C11H25NO3W. The van der Waals surface area contributed by atoms with Crippen molar-refractivity contribution >= 4 is 5.91 Å². The summed E-state index contributed by atoms with van der Waals surface area (Å²) in [5, 5.41) is 11.2. The van der Waals surface area contributed by atoms with Gasteiger partial charge in [0.25, 0.3) is 0 Å². The van der Waals surface area contributed by atoms with Crippen molar-refractivity contribution in [1.82, 2.24) is 5.32 Å². The number of ether oxygens (including phenoxy) is 1. The summed E-state index contributed by atoms with van der Waals surface area (Å²) in [6, 6.07) is 0. The van der Waals surface area contributed by atoms with Gasteiger partial charge in [-0.15, -0.1) is 0 Å². The van der Waals surface area contributed by atoms with E-state index in [0.717, 1.165) is 19.3 Å². The molecule has 0 bridgehead atoms. The zero-order valence-corrected chi connectivity index (χ0v) is 13.6. The van der Waals surface area contributed by atoms with Gasteiger partial charge in [-0.2, -0.15) is 0 Å². The third kappa shape index (κ3) is 19.6. The van der Waals surface area contributed by atoms with Crippen LogP contribution in [0.2, 0.25) is 0 Å². The van der Waals surface area contributed by atoms with Gasteiger partial charge >= 0.3 is 0 Å². The van der Waals surface area contributed by atoms with E-state index in [1.807, 2.05) is 13.8 Å². The molecule has 0 aromatic rings. The minimum atomic E-state index is 0. The summed E-state index contributed by atoms with van der Waals surface area (Å²) in [7, 11) is 1.60. The summed E-state index contributed by atoms with van der Waals surface area (Å²) in [5.41, 5.74) is 0. The van der Waals surface area contributed by atoms with Crippen LogP contribution in [0, 0.1) is 0 Å². The van der Waals surface area contributed by atoms with Gasteiger partial charge in [0, 0.05) is 47.7 Å². The molecule has 0 aromatic carbocycles. The number of hydrogen-bond donors (Lipinski definition) is 2. The van der Waals surface area contributed by atoms with E-state index in [2.05, 4.69) is 5.32 Å². The van der Waals surface area contributed by atoms with Crippen LogP contribution in [-0.4, -0.2) is 37.9 Å². The number of rotatable bonds is 8. The molecule has 4 nitrogen and oxygen atoms in total. The van der Waals surface area contributed by atoms with Crippen LogP contribution in [0.5, 0.6) is 0 Å². The van der Waals surface area contributed by atoms with E-state index in [9.17, 15) is 4.79 Å². The average molecular weight is 403 g/mol. The molecule has 0 fully saturated rings. The molecule has 0 saturated heterocycles. The van der Waals surface area contributed by atoms with Crippen LogP contribution in [0.25, 0.3) is 0 Å². The van der Waals surface area contributed by atoms with E-state index in [4.69, 9.17) is 9.84 Å². The second kappa shape index (κ2) is 20.5. The van der Waals surface area contributed by atoms with Crippen molar-refractivity contribution in [3.8, 4) is 0 Å².